The van der Waals surface area contributed by atoms with Gasteiger partial charge in [-0.3, -0.25) is 0 Å². The summed E-state index contributed by atoms with van der Waals surface area (Å²) in [5.41, 5.74) is 0. The summed E-state index contributed by atoms with van der Waals surface area (Å²) in [4.78, 5) is 0. The molecule has 0 aromatic rings. The molecule has 0 unspecified atom stereocenters. The molecule has 0 amide bonds. The molecule has 0 N–H and O–H groups in total. The molecule has 2 heteroatoms. The molecular weight excluding hydrogens is 108 g/mol. The standard InChI is InChI=1S/C5H11OS/c1-7-4-2-6-3-5-7/h2-5H2,1H3/q+1. The van der Waals surface area contributed by atoms with Crippen LogP contribution in [0.3, 0.4) is 0 Å². The minimum atomic E-state index is 0.685. The Morgan fingerprint density at radius 1 is 1.29 bits per heavy atom. The molecule has 0 spiro atoms. The van der Waals surface area contributed by atoms with E-state index in [1.54, 1.807) is 0 Å². The number of ether oxygens (including phenoxy) is 1. The maximum Gasteiger partial charge on any atom is 0.131 e. The normalized spacial score (nSPS) is 25.3. The molecule has 7 heavy (non-hydrogen) atoms. The van der Waals surface area contributed by atoms with Gasteiger partial charge in [0.1, 0.15) is 11.5 Å². The van der Waals surface area contributed by atoms with Crippen LogP contribution in [0.5, 0.6) is 0 Å². The molecule has 0 radical (unpaired) electrons. The van der Waals surface area contributed by atoms with Crippen LogP contribution in [0.25, 0.3) is 0 Å². The van der Waals surface area contributed by atoms with Gasteiger partial charge in [0.25, 0.3) is 0 Å². The molecule has 1 rings (SSSR count). The molecule has 1 fully saturated rings. The zero-order chi connectivity index (χ0) is 5.11. The van der Waals surface area contributed by atoms with Crippen molar-refractivity contribution < 1.29 is 4.74 Å². The highest BCUT2D eigenvalue weighted by molar-refractivity contribution is 7.96. The van der Waals surface area contributed by atoms with Gasteiger partial charge in [-0.25, -0.2) is 0 Å². The first-order valence-corrected chi connectivity index (χ1v) is 4.53. The van der Waals surface area contributed by atoms with Gasteiger partial charge in [-0.05, 0) is 10.9 Å². The van der Waals surface area contributed by atoms with E-state index in [2.05, 4.69) is 6.26 Å². The van der Waals surface area contributed by atoms with Gasteiger partial charge in [0.2, 0.25) is 0 Å². The topological polar surface area (TPSA) is 9.23 Å². The zero-order valence-corrected chi connectivity index (χ0v) is 5.46. The summed E-state index contributed by atoms with van der Waals surface area (Å²) in [5, 5.41) is 0. The van der Waals surface area contributed by atoms with Crippen molar-refractivity contribution in [3.05, 3.63) is 0 Å². The van der Waals surface area contributed by atoms with Gasteiger partial charge in [0, 0.05) is 0 Å². The van der Waals surface area contributed by atoms with Crippen molar-refractivity contribution in [1.82, 2.24) is 0 Å². The molecule has 0 aromatic carbocycles. The second-order valence-electron chi connectivity index (χ2n) is 1.80. The van der Waals surface area contributed by atoms with Crippen LogP contribution in [0.15, 0.2) is 0 Å². The lowest BCUT2D eigenvalue weighted by molar-refractivity contribution is 0.159. The van der Waals surface area contributed by atoms with Crippen LogP contribution in [0.2, 0.25) is 0 Å². The fraction of sp³-hybridized carbons (Fsp3) is 1.00. The molecular formula is C5H11OS+. The minimum Gasteiger partial charge on any atom is -0.372 e. The molecule has 1 nitrogen and oxygen atoms in total. The lowest BCUT2D eigenvalue weighted by atomic mass is 10.8. The van der Waals surface area contributed by atoms with E-state index in [0.29, 0.717) is 10.9 Å². The molecule has 0 aromatic heterocycles. The molecule has 42 valence electrons. The van der Waals surface area contributed by atoms with Gasteiger partial charge < -0.3 is 4.74 Å². The van der Waals surface area contributed by atoms with E-state index in [1.165, 1.54) is 11.5 Å². The Labute approximate surface area is 47.4 Å². The fourth-order valence-electron chi connectivity index (χ4n) is 0.606. The highest BCUT2D eigenvalue weighted by Gasteiger charge is 2.14. The third kappa shape index (κ3) is 1.70. The van der Waals surface area contributed by atoms with Crippen LogP contribution in [0.1, 0.15) is 0 Å². The average molecular weight is 119 g/mol. The lowest BCUT2D eigenvalue weighted by Gasteiger charge is -2.09. The fourth-order valence-corrected chi connectivity index (χ4v) is 1.62. The van der Waals surface area contributed by atoms with E-state index in [0.717, 1.165) is 13.2 Å². The summed E-state index contributed by atoms with van der Waals surface area (Å²) in [6, 6.07) is 0. The van der Waals surface area contributed by atoms with E-state index >= 15 is 0 Å². The molecule has 0 saturated carbocycles. The quantitative estimate of drug-likeness (QED) is 0.416. The smallest absolute Gasteiger partial charge is 0.131 e. The van der Waals surface area contributed by atoms with Gasteiger partial charge in [-0.2, -0.15) is 0 Å². The summed E-state index contributed by atoms with van der Waals surface area (Å²) in [6.07, 6.45) is 2.31. The Hall–Kier alpha value is 0.310. The second-order valence-corrected chi connectivity index (χ2v) is 4.18. The predicted octanol–water partition coefficient (Wildman–Crippen LogP) is 0.265. The van der Waals surface area contributed by atoms with Gasteiger partial charge in [-0.15, -0.1) is 0 Å². The van der Waals surface area contributed by atoms with Crippen LogP contribution in [-0.2, 0) is 15.6 Å². The zero-order valence-electron chi connectivity index (χ0n) is 4.64. The number of rotatable bonds is 0. The van der Waals surface area contributed by atoms with Gasteiger partial charge in [-0.1, -0.05) is 0 Å². The van der Waals surface area contributed by atoms with Crippen molar-refractivity contribution in [2.75, 3.05) is 31.0 Å². The van der Waals surface area contributed by atoms with Crippen LogP contribution in [0.4, 0.5) is 0 Å². The van der Waals surface area contributed by atoms with Gasteiger partial charge >= 0.3 is 0 Å². The SMILES string of the molecule is C[S+]1CCOCC1. The van der Waals surface area contributed by atoms with Gasteiger partial charge in [0.05, 0.1) is 19.5 Å². The maximum atomic E-state index is 5.15. The highest BCUT2D eigenvalue weighted by atomic mass is 32.2. The van der Waals surface area contributed by atoms with Crippen molar-refractivity contribution in [3.8, 4) is 0 Å². The summed E-state index contributed by atoms with van der Waals surface area (Å²) < 4.78 is 5.15. The van der Waals surface area contributed by atoms with E-state index in [-0.39, 0.29) is 0 Å². The Kier molecular flexibility index (Phi) is 2.00. The monoisotopic (exact) mass is 119 g/mol. The molecule has 0 bridgehead atoms. The van der Waals surface area contributed by atoms with E-state index in [4.69, 9.17) is 4.74 Å². The van der Waals surface area contributed by atoms with Crippen molar-refractivity contribution in [3.63, 3.8) is 0 Å². The number of hydrogen-bond donors (Lipinski definition) is 0. The summed E-state index contributed by atoms with van der Waals surface area (Å²) in [6.45, 7) is 2.00. The Morgan fingerprint density at radius 2 is 1.86 bits per heavy atom. The van der Waals surface area contributed by atoms with Crippen molar-refractivity contribution >= 4 is 10.9 Å². The predicted molar refractivity (Wildman–Crippen MR) is 33.8 cm³/mol. The average Bonchev–Trinajstić information content (AvgIpc) is 1.69. The summed E-state index contributed by atoms with van der Waals surface area (Å²) in [7, 11) is 0.685. The Balaban J connectivity index is 2.12. The molecule has 1 heterocycles. The second kappa shape index (κ2) is 2.58. The minimum absolute atomic E-state index is 0.685. The first-order chi connectivity index (χ1) is 3.39. The van der Waals surface area contributed by atoms with E-state index in [1.807, 2.05) is 0 Å². The van der Waals surface area contributed by atoms with Gasteiger partial charge in [0.15, 0.2) is 0 Å². The molecule has 1 aliphatic rings. The largest absolute Gasteiger partial charge is 0.372 e. The van der Waals surface area contributed by atoms with Crippen LogP contribution in [0, 0.1) is 0 Å². The first-order valence-electron chi connectivity index (χ1n) is 2.56. The molecule has 0 atom stereocenters. The molecule has 0 aliphatic carbocycles. The Bertz CT molecular complexity index is 50.0. The van der Waals surface area contributed by atoms with Crippen LogP contribution < -0.4 is 0 Å². The van der Waals surface area contributed by atoms with Crippen molar-refractivity contribution in [1.29, 1.82) is 0 Å². The van der Waals surface area contributed by atoms with Crippen LogP contribution >= 0.6 is 0 Å². The van der Waals surface area contributed by atoms with Crippen LogP contribution in [-0.4, -0.2) is 31.0 Å². The Morgan fingerprint density at radius 3 is 2.14 bits per heavy atom. The summed E-state index contributed by atoms with van der Waals surface area (Å²) >= 11 is 0. The van der Waals surface area contributed by atoms with Crippen molar-refractivity contribution in [2.45, 2.75) is 0 Å². The van der Waals surface area contributed by atoms with E-state index < -0.39 is 0 Å². The third-order valence-electron chi connectivity index (χ3n) is 1.15. The number of hydrogen-bond acceptors (Lipinski definition) is 1. The maximum absolute atomic E-state index is 5.15. The highest BCUT2D eigenvalue weighted by Crippen LogP contribution is 1.97. The van der Waals surface area contributed by atoms with Crippen molar-refractivity contribution in [2.24, 2.45) is 0 Å². The van der Waals surface area contributed by atoms with E-state index in [9.17, 15) is 0 Å². The summed E-state index contributed by atoms with van der Waals surface area (Å²) in [5.74, 6) is 2.58. The lowest BCUT2D eigenvalue weighted by Crippen LogP contribution is -2.24. The third-order valence-corrected chi connectivity index (χ3v) is 2.88. The molecule has 1 aliphatic heterocycles. The molecule has 1 saturated heterocycles. The first kappa shape index (κ1) is 5.45.